The molecule has 1 aromatic rings. The smallest absolute Gasteiger partial charge is 0.408 e. The maximum absolute atomic E-state index is 12.9. The Bertz CT molecular complexity index is 764. The van der Waals surface area contributed by atoms with Crippen molar-refractivity contribution in [1.82, 2.24) is 5.32 Å². The molecule has 3 atom stereocenters. The predicted octanol–water partition coefficient (Wildman–Crippen LogP) is 4.18. The summed E-state index contributed by atoms with van der Waals surface area (Å²) in [5.41, 5.74) is 0.968. The number of hydrogen-bond donors (Lipinski definition) is 2. The van der Waals surface area contributed by atoms with E-state index in [1.807, 2.05) is 31.2 Å². The third kappa shape index (κ3) is 6.22. The fourth-order valence-corrected chi connectivity index (χ4v) is 3.07. The summed E-state index contributed by atoms with van der Waals surface area (Å²) in [6.07, 6.45) is 3.45. The highest BCUT2D eigenvalue weighted by atomic mass is 16.6. The van der Waals surface area contributed by atoms with Crippen molar-refractivity contribution in [2.45, 2.75) is 65.0 Å². The van der Waals surface area contributed by atoms with Gasteiger partial charge in [-0.05, 0) is 44.7 Å². The topological polar surface area (TPSA) is 84.5 Å². The first-order valence-corrected chi connectivity index (χ1v) is 9.65. The van der Waals surface area contributed by atoms with Gasteiger partial charge in [-0.2, -0.15) is 0 Å². The van der Waals surface area contributed by atoms with Crippen LogP contribution in [0.25, 0.3) is 0 Å². The monoisotopic (exact) mass is 386 g/mol. The van der Waals surface area contributed by atoms with Crippen LogP contribution in [-0.4, -0.2) is 29.4 Å². The molecule has 0 aliphatic carbocycles. The van der Waals surface area contributed by atoms with Gasteiger partial charge in [-0.15, -0.1) is 0 Å². The van der Waals surface area contributed by atoms with Crippen LogP contribution in [0.2, 0.25) is 0 Å². The van der Waals surface area contributed by atoms with Crippen LogP contribution in [0.15, 0.2) is 36.4 Å². The quantitative estimate of drug-likeness (QED) is 0.709. The molecule has 0 aromatic heterocycles. The first-order valence-electron chi connectivity index (χ1n) is 9.65. The van der Waals surface area contributed by atoms with E-state index in [9.17, 15) is 14.4 Å². The number of nitrogens with one attached hydrogen (secondary N) is 2. The van der Waals surface area contributed by atoms with Gasteiger partial charge >= 0.3 is 6.09 Å². The largest absolute Gasteiger partial charge is 0.444 e. The number of ketones is 1. The second kappa shape index (κ2) is 9.04. The Hall–Kier alpha value is -2.63. The van der Waals surface area contributed by atoms with Crippen molar-refractivity contribution >= 4 is 23.5 Å². The molecule has 1 aliphatic rings. The van der Waals surface area contributed by atoms with E-state index in [1.165, 1.54) is 0 Å². The first kappa shape index (κ1) is 21.7. The van der Waals surface area contributed by atoms with Gasteiger partial charge in [0.2, 0.25) is 5.91 Å². The Morgan fingerprint density at radius 1 is 1.18 bits per heavy atom. The number of ether oxygens (including phenoxy) is 1. The lowest BCUT2D eigenvalue weighted by Gasteiger charge is -2.24. The third-order valence-electron chi connectivity index (χ3n) is 4.55. The van der Waals surface area contributed by atoms with E-state index in [0.717, 1.165) is 5.56 Å². The van der Waals surface area contributed by atoms with Gasteiger partial charge in [-0.1, -0.05) is 44.2 Å². The van der Waals surface area contributed by atoms with Crippen LogP contribution in [0, 0.1) is 5.92 Å². The van der Waals surface area contributed by atoms with Gasteiger partial charge in [0, 0.05) is 12.1 Å². The second-order valence-corrected chi connectivity index (χ2v) is 8.30. The highest BCUT2D eigenvalue weighted by molar-refractivity contribution is 5.94. The molecule has 6 heteroatoms. The van der Waals surface area contributed by atoms with Gasteiger partial charge in [-0.3, -0.25) is 9.59 Å². The molecule has 0 saturated heterocycles. The predicted molar refractivity (Wildman–Crippen MR) is 109 cm³/mol. The van der Waals surface area contributed by atoms with Crippen LogP contribution in [0.1, 0.15) is 58.9 Å². The number of rotatable bonds is 1. The summed E-state index contributed by atoms with van der Waals surface area (Å²) in [5.74, 6) is -0.650. The van der Waals surface area contributed by atoms with Crippen molar-refractivity contribution in [3.63, 3.8) is 0 Å². The minimum absolute atomic E-state index is 0.0719. The molecule has 0 spiro atoms. The van der Waals surface area contributed by atoms with Gasteiger partial charge < -0.3 is 15.4 Å². The second-order valence-electron chi connectivity index (χ2n) is 8.30. The Labute approximate surface area is 166 Å². The van der Waals surface area contributed by atoms with Crippen LogP contribution < -0.4 is 10.6 Å². The summed E-state index contributed by atoms with van der Waals surface area (Å²) < 4.78 is 5.29. The normalized spacial score (nSPS) is 24.8. The Balaban J connectivity index is 2.28. The van der Waals surface area contributed by atoms with Crippen molar-refractivity contribution in [3.8, 4) is 0 Å². The zero-order valence-corrected chi connectivity index (χ0v) is 17.2. The van der Waals surface area contributed by atoms with Crippen LogP contribution >= 0.6 is 0 Å². The molecule has 1 aromatic carbocycles. The lowest BCUT2D eigenvalue weighted by molar-refractivity contribution is -0.121. The van der Waals surface area contributed by atoms with Gasteiger partial charge in [-0.25, -0.2) is 4.79 Å². The minimum atomic E-state index is -0.699. The van der Waals surface area contributed by atoms with Gasteiger partial charge in [0.15, 0.2) is 5.78 Å². The van der Waals surface area contributed by atoms with Crippen LogP contribution in [-0.2, 0) is 14.3 Å². The van der Waals surface area contributed by atoms with Gasteiger partial charge in [0.1, 0.15) is 5.60 Å². The van der Waals surface area contributed by atoms with E-state index in [2.05, 4.69) is 10.6 Å². The van der Waals surface area contributed by atoms with E-state index in [1.54, 1.807) is 39.8 Å². The molecule has 0 fully saturated rings. The Morgan fingerprint density at radius 2 is 1.86 bits per heavy atom. The van der Waals surface area contributed by atoms with Crippen molar-refractivity contribution in [3.05, 3.63) is 42.0 Å². The molecule has 2 amide bonds. The van der Waals surface area contributed by atoms with E-state index >= 15 is 0 Å². The van der Waals surface area contributed by atoms with E-state index < -0.39 is 17.7 Å². The summed E-state index contributed by atoms with van der Waals surface area (Å²) in [7, 11) is 0. The number of carbonyl (C=O) groups excluding carboxylic acids is 3. The summed E-state index contributed by atoms with van der Waals surface area (Å²) in [5, 5.41) is 5.64. The number of fused-ring (bicyclic) bond motifs is 1. The van der Waals surface area contributed by atoms with Crippen molar-refractivity contribution in [1.29, 1.82) is 0 Å². The maximum atomic E-state index is 12.9. The molecule has 152 valence electrons. The number of Topliss-reactive ketones (excluding diaryl/α,β-unsaturated/α-hetero) is 1. The van der Waals surface area contributed by atoms with Crippen molar-refractivity contribution in [2.24, 2.45) is 5.92 Å². The fraction of sp³-hybridized carbons (Fsp3) is 0.500. The first-order chi connectivity index (χ1) is 13.1. The van der Waals surface area contributed by atoms with E-state index in [-0.39, 0.29) is 29.9 Å². The highest BCUT2D eigenvalue weighted by Gasteiger charge is 2.26. The molecule has 0 saturated carbocycles. The number of alkyl carbamates (subject to hydrolysis) is 1. The Morgan fingerprint density at radius 3 is 2.54 bits per heavy atom. The number of benzene rings is 1. The van der Waals surface area contributed by atoms with Crippen molar-refractivity contribution < 1.29 is 19.1 Å². The SMILES string of the molecule is CC1CC(=O)[C@@H](NC(=O)OC(C)(C)C)C/C=C/[C@@H](C)C(=O)Nc2ccccc21. The molecule has 0 radical (unpaired) electrons. The molecular weight excluding hydrogens is 356 g/mol. The number of carbonyl (C=O) groups is 3. The van der Waals surface area contributed by atoms with Crippen molar-refractivity contribution in [2.75, 3.05) is 5.32 Å². The lowest BCUT2D eigenvalue weighted by atomic mass is 9.90. The van der Waals surface area contributed by atoms with Crippen LogP contribution in [0.3, 0.4) is 0 Å². The summed E-state index contributed by atoms with van der Waals surface area (Å²) in [4.78, 5) is 37.5. The van der Waals surface area contributed by atoms with Gasteiger partial charge in [0.05, 0.1) is 12.0 Å². The third-order valence-corrected chi connectivity index (χ3v) is 4.55. The lowest BCUT2D eigenvalue weighted by Crippen LogP contribution is -2.43. The number of para-hydroxylation sites is 1. The van der Waals surface area contributed by atoms with Crippen LogP contribution in [0.4, 0.5) is 10.5 Å². The minimum Gasteiger partial charge on any atom is -0.444 e. The molecule has 2 rings (SSSR count). The molecule has 1 aliphatic heterocycles. The molecule has 2 N–H and O–H groups in total. The summed E-state index contributed by atoms with van der Waals surface area (Å²) in [6, 6.07) is 6.79. The molecule has 1 unspecified atom stereocenters. The molecule has 6 nitrogen and oxygen atoms in total. The summed E-state index contributed by atoms with van der Waals surface area (Å²) >= 11 is 0. The zero-order valence-electron chi connectivity index (χ0n) is 17.2. The molecule has 0 bridgehead atoms. The zero-order chi connectivity index (χ0) is 20.9. The average Bonchev–Trinajstić information content (AvgIpc) is 2.58. The average molecular weight is 386 g/mol. The van der Waals surface area contributed by atoms with E-state index in [0.29, 0.717) is 12.1 Å². The molecular formula is C22H30N2O4. The molecule has 28 heavy (non-hydrogen) atoms. The molecule has 1 heterocycles. The van der Waals surface area contributed by atoms with Crippen LogP contribution in [0.5, 0.6) is 0 Å². The van der Waals surface area contributed by atoms with E-state index in [4.69, 9.17) is 4.74 Å². The van der Waals surface area contributed by atoms with Gasteiger partial charge in [0.25, 0.3) is 0 Å². The fourth-order valence-electron chi connectivity index (χ4n) is 3.07. The standard InChI is InChI=1S/C22H30N2O4/c1-14-9-8-12-18(24-21(27)28-22(3,4)5)19(25)13-15(2)16-10-6-7-11-17(16)23-20(14)26/h6-11,14-15,18H,12-13H2,1-5H3,(H,23,26)(H,24,27)/b9-8+/t14-,15?,18+/m1/s1. The Kier molecular flexibility index (Phi) is 7.00. The number of hydrogen-bond acceptors (Lipinski definition) is 4. The maximum Gasteiger partial charge on any atom is 0.408 e. The summed E-state index contributed by atoms with van der Waals surface area (Å²) in [6.45, 7) is 9.05. The number of amides is 2. The number of anilines is 1. The highest BCUT2D eigenvalue weighted by Crippen LogP contribution is 2.28.